The molecule has 0 saturated heterocycles. The van der Waals surface area contributed by atoms with Gasteiger partial charge in [-0.25, -0.2) is 4.99 Å². The Balaban J connectivity index is 1.67. The monoisotopic (exact) mass is 397 g/mol. The predicted octanol–water partition coefficient (Wildman–Crippen LogP) is 3.32. The van der Waals surface area contributed by atoms with Gasteiger partial charge in [0.1, 0.15) is 5.76 Å². The van der Waals surface area contributed by atoms with Crippen LogP contribution in [0.4, 0.5) is 0 Å². The molecule has 1 aromatic carbocycles. The molecule has 0 amide bonds. The third-order valence-corrected chi connectivity index (χ3v) is 4.81. The van der Waals surface area contributed by atoms with Crippen molar-refractivity contribution in [1.82, 2.24) is 20.4 Å². The minimum atomic E-state index is 0.563. The van der Waals surface area contributed by atoms with Crippen molar-refractivity contribution in [3.05, 3.63) is 66.2 Å². The van der Waals surface area contributed by atoms with E-state index in [4.69, 9.17) is 9.41 Å². The van der Waals surface area contributed by atoms with Gasteiger partial charge in [-0.1, -0.05) is 30.3 Å². The maximum atomic E-state index is 5.40. The van der Waals surface area contributed by atoms with E-state index in [1.165, 1.54) is 0 Å². The van der Waals surface area contributed by atoms with Crippen LogP contribution in [-0.2, 0) is 20.0 Å². The topological polar surface area (TPSA) is 67.4 Å². The molecule has 0 aliphatic heterocycles. The summed E-state index contributed by atoms with van der Waals surface area (Å²) in [4.78, 5) is 4.79. The number of nitrogens with one attached hydrogen (secondary N) is 2. The average molecular weight is 398 g/mol. The van der Waals surface area contributed by atoms with Crippen LogP contribution in [0.1, 0.15) is 11.3 Å². The number of rotatable bonds is 9. The first-order valence-electron chi connectivity index (χ1n) is 9.37. The fourth-order valence-electron chi connectivity index (χ4n) is 2.86. The van der Waals surface area contributed by atoms with Crippen LogP contribution in [-0.4, -0.2) is 40.8 Å². The van der Waals surface area contributed by atoms with E-state index in [0.29, 0.717) is 6.54 Å². The lowest BCUT2D eigenvalue weighted by Crippen LogP contribution is -2.39. The van der Waals surface area contributed by atoms with Gasteiger partial charge < -0.3 is 15.1 Å². The third-order valence-electron chi connectivity index (χ3n) is 4.20. The molecule has 0 bridgehead atoms. The highest BCUT2D eigenvalue weighted by Crippen LogP contribution is 2.22. The van der Waals surface area contributed by atoms with Gasteiger partial charge in [0.25, 0.3) is 0 Å². The molecule has 6 nitrogen and oxygen atoms in total. The van der Waals surface area contributed by atoms with Gasteiger partial charge >= 0.3 is 0 Å². The number of benzene rings is 1. The Kier molecular flexibility index (Phi) is 7.61. The van der Waals surface area contributed by atoms with E-state index in [-0.39, 0.29) is 0 Å². The summed E-state index contributed by atoms with van der Waals surface area (Å²) < 4.78 is 7.24. The molecule has 2 heterocycles. The third kappa shape index (κ3) is 5.92. The first-order valence-corrected chi connectivity index (χ1v) is 10.8. The zero-order valence-electron chi connectivity index (χ0n) is 16.4. The van der Waals surface area contributed by atoms with Crippen LogP contribution in [0.5, 0.6) is 0 Å². The number of guanidine groups is 1. The summed E-state index contributed by atoms with van der Waals surface area (Å²) >= 11 is 1.81. The molecular weight excluding hydrogens is 370 g/mol. The molecule has 3 aromatic rings. The van der Waals surface area contributed by atoms with Gasteiger partial charge in [-0.15, -0.1) is 0 Å². The van der Waals surface area contributed by atoms with Gasteiger partial charge in [-0.05, 0) is 18.4 Å². The Bertz CT molecular complexity index is 858. The molecule has 0 unspecified atom stereocenters. The second-order valence-corrected chi connectivity index (χ2v) is 7.37. The normalized spacial score (nSPS) is 11.6. The van der Waals surface area contributed by atoms with Gasteiger partial charge in [0.15, 0.2) is 5.96 Å². The van der Waals surface area contributed by atoms with E-state index in [9.17, 15) is 0 Å². The van der Waals surface area contributed by atoms with Crippen LogP contribution in [0.15, 0.2) is 64.3 Å². The van der Waals surface area contributed by atoms with Crippen molar-refractivity contribution in [2.75, 3.05) is 25.1 Å². The fraction of sp³-hybridized carbons (Fsp3) is 0.333. The smallest absolute Gasteiger partial charge is 0.191 e. The zero-order chi connectivity index (χ0) is 19.6. The quantitative estimate of drug-likeness (QED) is 0.329. The molecule has 0 saturated carbocycles. The van der Waals surface area contributed by atoms with E-state index >= 15 is 0 Å². The molecule has 0 aliphatic carbocycles. The summed E-state index contributed by atoms with van der Waals surface area (Å²) in [6.45, 7) is 2.19. The molecule has 28 heavy (non-hydrogen) atoms. The van der Waals surface area contributed by atoms with Gasteiger partial charge in [0, 0.05) is 49.6 Å². The van der Waals surface area contributed by atoms with Crippen molar-refractivity contribution < 1.29 is 4.42 Å². The molecule has 0 aliphatic rings. The van der Waals surface area contributed by atoms with Crippen molar-refractivity contribution >= 4 is 17.7 Å². The van der Waals surface area contributed by atoms with E-state index in [1.54, 1.807) is 6.26 Å². The Morgan fingerprint density at radius 1 is 1.14 bits per heavy atom. The van der Waals surface area contributed by atoms with E-state index in [2.05, 4.69) is 34.1 Å². The number of aromatic nitrogens is 2. The first-order chi connectivity index (χ1) is 13.8. The van der Waals surface area contributed by atoms with Crippen LogP contribution < -0.4 is 10.6 Å². The molecule has 0 spiro atoms. The van der Waals surface area contributed by atoms with Crippen molar-refractivity contribution in [3.63, 3.8) is 0 Å². The lowest BCUT2D eigenvalue weighted by Gasteiger charge is -2.12. The van der Waals surface area contributed by atoms with Crippen LogP contribution in [0.3, 0.4) is 0 Å². The molecule has 0 atom stereocenters. The fourth-order valence-corrected chi connectivity index (χ4v) is 3.17. The molecule has 0 radical (unpaired) electrons. The Morgan fingerprint density at radius 3 is 2.71 bits per heavy atom. The molecule has 3 rings (SSSR count). The maximum Gasteiger partial charge on any atom is 0.191 e. The second-order valence-electron chi connectivity index (χ2n) is 6.38. The van der Waals surface area contributed by atoms with Gasteiger partial charge in [-0.3, -0.25) is 4.68 Å². The van der Waals surface area contributed by atoms with Crippen LogP contribution in [0, 0.1) is 0 Å². The highest BCUT2D eigenvalue weighted by atomic mass is 32.2. The van der Waals surface area contributed by atoms with Crippen molar-refractivity contribution in [2.24, 2.45) is 12.0 Å². The summed E-state index contributed by atoms with van der Waals surface area (Å²) in [5.41, 5.74) is 3.19. The SMILES string of the molecule is CSCCNC(=NCc1cn(C)nc1-c1ccccc1)NCCc1ccco1. The number of hydrogen-bond acceptors (Lipinski definition) is 4. The standard InChI is InChI=1S/C21H27N5OS/c1-26-16-18(20(25-26)17-7-4-3-5-8-17)15-24-21(23-12-14-28-2)22-11-10-19-9-6-13-27-19/h3-9,13,16H,10-12,14-15H2,1-2H3,(H2,22,23,24). The number of aliphatic imine (C=N–C) groups is 1. The molecule has 148 valence electrons. The highest BCUT2D eigenvalue weighted by molar-refractivity contribution is 7.98. The summed E-state index contributed by atoms with van der Waals surface area (Å²) in [6, 6.07) is 14.1. The van der Waals surface area contributed by atoms with Crippen LogP contribution in [0.2, 0.25) is 0 Å². The second kappa shape index (κ2) is 10.6. The number of nitrogens with zero attached hydrogens (tertiary/aromatic N) is 3. The minimum Gasteiger partial charge on any atom is -0.469 e. The average Bonchev–Trinajstić information content (AvgIpc) is 3.36. The van der Waals surface area contributed by atoms with Crippen molar-refractivity contribution in [1.29, 1.82) is 0 Å². The molecule has 0 fully saturated rings. The predicted molar refractivity (Wildman–Crippen MR) is 117 cm³/mol. The number of hydrogen-bond donors (Lipinski definition) is 2. The van der Waals surface area contributed by atoms with Crippen LogP contribution in [0.25, 0.3) is 11.3 Å². The Morgan fingerprint density at radius 2 is 1.96 bits per heavy atom. The molecule has 2 N–H and O–H groups in total. The summed E-state index contributed by atoms with van der Waals surface area (Å²) in [5, 5.41) is 11.4. The Labute approximate surface area is 170 Å². The van der Waals surface area contributed by atoms with E-state index < -0.39 is 0 Å². The van der Waals surface area contributed by atoms with E-state index in [1.807, 2.05) is 60.0 Å². The number of aryl methyl sites for hydroxylation is 1. The minimum absolute atomic E-state index is 0.563. The van der Waals surface area contributed by atoms with Gasteiger partial charge in [0.2, 0.25) is 0 Å². The molecule has 2 aromatic heterocycles. The summed E-state index contributed by atoms with van der Waals surface area (Å²) in [5.74, 6) is 2.80. The van der Waals surface area contributed by atoms with E-state index in [0.717, 1.165) is 53.8 Å². The first kappa shape index (κ1) is 20.1. The lowest BCUT2D eigenvalue weighted by molar-refractivity contribution is 0.507. The lowest BCUT2D eigenvalue weighted by atomic mass is 10.1. The van der Waals surface area contributed by atoms with Crippen LogP contribution >= 0.6 is 11.8 Å². The summed E-state index contributed by atoms with van der Waals surface area (Å²) in [7, 11) is 1.94. The maximum absolute atomic E-state index is 5.40. The largest absolute Gasteiger partial charge is 0.469 e. The van der Waals surface area contributed by atoms with Gasteiger partial charge in [0.05, 0.1) is 18.5 Å². The summed E-state index contributed by atoms with van der Waals surface area (Å²) in [6.07, 6.45) is 6.66. The van der Waals surface area contributed by atoms with Crippen molar-refractivity contribution in [3.8, 4) is 11.3 Å². The highest BCUT2D eigenvalue weighted by Gasteiger charge is 2.10. The number of furan rings is 1. The molecule has 7 heteroatoms. The molecular formula is C21H27N5OS. The number of thioether (sulfide) groups is 1. The zero-order valence-corrected chi connectivity index (χ0v) is 17.2. The van der Waals surface area contributed by atoms with Crippen molar-refractivity contribution in [2.45, 2.75) is 13.0 Å². The Hall–Kier alpha value is -2.67. The van der Waals surface area contributed by atoms with Gasteiger partial charge in [-0.2, -0.15) is 16.9 Å².